The minimum absolute atomic E-state index is 0.210. The average Bonchev–Trinajstić information content (AvgIpc) is 2.88. The van der Waals surface area contributed by atoms with Crippen molar-refractivity contribution in [1.29, 1.82) is 0 Å². The van der Waals surface area contributed by atoms with Crippen molar-refractivity contribution in [3.05, 3.63) is 70.8 Å². The van der Waals surface area contributed by atoms with Crippen LogP contribution in [0.3, 0.4) is 0 Å². The van der Waals surface area contributed by atoms with Gasteiger partial charge in [-0.1, -0.05) is 20.4 Å². The zero-order chi connectivity index (χ0) is 23.6. The van der Waals surface area contributed by atoms with Gasteiger partial charge in [0.25, 0.3) is 5.92 Å². The Morgan fingerprint density at radius 3 is 2.44 bits per heavy atom. The van der Waals surface area contributed by atoms with E-state index in [1.54, 1.807) is 6.92 Å². The number of anilines is 2. The minimum atomic E-state index is -3.13. The normalized spacial score (nSPS) is 16.4. The van der Waals surface area contributed by atoms with E-state index in [9.17, 15) is 13.2 Å². The number of aryl methyl sites for hydroxylation is 1. The highest BCUT2D eigenvalue weighted by Crippen LogP contribution is 2.48. The molecule has 0 aliphatic carbocycles. The van der Waals surface area contributed by atoms with Gasteiger partial charge in [0.2, 0.25) is 0 Å². The highest BCUT2D eigenvalue weighted by atomic mass is 19.3. The van der Waals surface area contributed by atoms with Crippen LogP contribution in [-0.2, 0) is 11.3 Å². The second-order valence-electron chi connectivity index (χ2n) is 9.21. The Morgan fingerprint density at radius 2 is 1.78 bits per heavy atom. The maximum Gasteiger partial charge on any atom is 0.270 e. The first-order valence-corrected chi connectivity index (χ1v) is 10.5. The lowest BCUT2D eigenvalue weighted by molar-refractivity contribution is 0.0170. The van der Waals surface area contributed by atoms with Crippen LogP contribution >= 0.6 is 0 Å². The third-order valence-electron chi connectivity index (χ3n) is 6.52. The number of benzene rings is 2. The van der Waals surface area contributed by atoms with E-state index in [1.807, 2.05) is 14.0 Å². The number of rotatable bonds is 4. The Morgan fingerprint density at radius 1 is 1.09 bits per heavy atom. The molecule has 2 heterocycles. The van der Waals surface area contributed by atoms with Gasteiger partial charge in [0, 0.05) is 47.1 Å². The topological polar surface area (TPSA) is 41.0 Å². The van der Waals surface area contributed by atoms with Crippen LogP contribution in [0.4, 0.5) is 24.7 Å². The number of nitrogens with zero attached hydrogens (tertiary/aromatic N) is 3. The van der Waals surface area contributed by atoms with E-state index >= 15 is 0 Å². The van der Waals surface area contributed by atoms with Crippen molar-refractivity contribution in [2.75, 3.05) is 17.3 Å². The van der Waals surface area contributed by atoms with Crippen LogP contribution in [0.1, 0.15) is 56.1 Å². The Bertz CT molecular complexity index is 1240. The van der Waals surface area contributed by atoms with Crippen LogP contribution in [-0.4, -0.2) is 17.2 Å². The summed E-state index contributed by atoms with van der Waals surface area (Å²) in [5.74, 6) is -3.32. The predicted octanol–water partition coefficient (Wildman–Crippen LogP) is 6.60. The molecule has 0 spiro atoms. The van der Waals surface area contributed by atoms with Crippen molar-refractivity contribution < 1.29 is 13.2 Å². The van der Waals surface area contributed by atoms with Crippen LogP contribution in [0.2, 0.25) is 0 Å². The maximum absolute atomic E-state index is 14.1. The van der Waals surface area contributed by atoms with E-state index < -0.39 is 17.8 Å². The molecule has 7 heteroatoms. The lowest BCUT2D eigenvalue weighted by atomic mass is 9.83. The lowest BCUT2D eigenvalue weighted by Gasteiger charge is -2.22. The van der Waals surface area contributed by atoms with Crippen LogP contribution < -0.4 is 10.2 Å². The van der Waals surface area contributed by atoms with Gasteiger partial charge in [0.05, 0.1) is 11.7 Å². The zero-order valence-electron chi connectivity index (χ0n) is 19.1. The second-order valence-corrected chi connectivity index (χ2v) is 9.21. The van der Waals surface area contributed by atoms with Crippen molar-refractivity contribution in [1.82, 2.24) is 10.2 Å². The van der Waals surface area contributed by atoms with Gasteiger partial charge < -0.3 is 10.2 Å². The van der Waals surface area contributed by atoms with Gasteiger partial charge in [-0.3, -0.25) is 0 Å². The number of allylic oxidation sites excluding steroid dienone is 1. The number of likely N-dealkylation sites (N-methyl/N-ethyl adjacent to an activating group) is 1. The first-order chi connectivity index (χ1) is 14.8. The Hall–Kier alpha value is -3.09. The molecule has 1 N–H and O–H groups in total. The number of hydrogen-bond donors (Lipinski definition) is 1. The van der Waals surface area contributed by atoms with Crippen LogP contribution in [0, 0.1) is 12.7 Å². The molecule has 1 aliphatic heterocycles. The molecule has 4 nitrogen and oxygen atoms in total. The van der Waals surface area contributed by atoms with Gasteiger partial charge in [-0.05, 0) is 55.3 Å². The molecule has 168 valence electrons. The summed E-state index contributed by atoms with van der Waals surface area (Å²) in [5, 5.41) is 13.7. The fraction of sp³-hybridized carbons (Fsp3) is 0.360. The van der Waals surface area contributed by atoms with Gasteiger partial charge in [0.1, 0.15) is 5.82 Å². The van der Waals surface area contributed by atoms with Gasteiger partial charge in [-0.2, -0.15) is 5.10 Å². The lowest BCUT2D eigenvalue weighted by Crippen LogP contribution is -2.21. The molecular weight excluding hydrogens is 413 g/mol. The molecule has 0 radical (unpaired) electrons. The standard InChI is InChI=1S/C25H27F3N4/c1-13(16-8-17(25(6,27)28)10-18(26)9-16)29-23-20-12-22-21(11-19(20)14(2)30-31-23)24(4,5)15(3)32(22)7/h8-13H,3H2,1-2,4-7H3,(H,29,31). The monoisotopic (exact) mass is 440 g/mol. The summed E-state index contributed by atoms with van der Waals surface area (Å²) in [7, 11) is 1.98. The SMILES string of the molecule is C=C1N(C)c2cc3c(NC(C)c4cc(F)cc(C(C)(F)F)c4)nnc(C)c3cc2C1(C)C. The molecule has 1 atom stereocenters. The molecule has 1 aliphatic rings. The zero-order valence-corrected chi connectivity index (χ0v) is 19.1. The largest absolute Gasteiger partial charge is 0.362 e. The van der Waals surface area contributed by atoms with E-state index in [1.165, 1.54) is 12.1 Å². The Labute approximate surface area is 186 Å². The quantitative estimate of drug-likeness (QED) is 0.496. The second kappa shape index (κ2) is 7.22. The summed E-state index contributed by atoms with van der Waals surface area (Å²) in [4.78, 5) is 2.07. The van der Waals surface area contributed by atoms with E-state index in [0.29, 0.717) is 11.4 Å². The maximum atomic E-state index is 14.1. The molecule has 2 aromatic carbocycles. The van der Waals surface area contributed by atoms with E-state index in [-0.39, 0.29) is 11.0 Å². The molecule has 32 heavy (non-hydrogen) atoms. The summed E-state index contributed by atoms with van der Waals surface area (Å²) in [6, 6.07) is 7.15. The molecule has 0 saturated carbocycles. The molecule has 1 aromatic heterocycles. The third-order valence-corrected chi connectivity index (χ3v) is 6.52. The molecule has 0 amide bonds. The van der Waals surface area contributed by atoms with Gasteiger partial charge in [-0.25, -0.2) is 13.2 Å². The van der Waals surface area contributed by atoms with Crippen molar-refractivity contribution in [2.24, 2.45) is 0 Å². The molecule has 0 bridgehead atoms. The fourth-order valence-corrected chi connectivity index (χ4v) is 4.33. The Balaban J connectivity index is 1.79. The molecule has 4 rings (SSSR count). The van der Waals surface area contributed by atoms with Crippen LogP contribution in [0.15, 0.2) is 42.6 Å². The van der Waals surface area contributed by atoms with Crippen molar-refractivity contribution >= 4 is 22.3 Å². The fourth-order valence-electron chi connectivity index (χ4n) is 4.33. The average molecular weight is 441 g/mol. The van der Waals surface area contributed by atoms with E-state index in [2.05, 4.69) is 53.0 Å². The van der Waals surface area contributed by atoms with Gasteiger partial charge >= 0.3 is 0 Å². The highest BCUT2D eigenvalue weighted by Gasteiger charge is 2.38. The van der Waals surface area contributed by atoms with Gasteiger partial charge in [0.15, 0.2) is 5.82 Å². The van der Waals surface area contributed by atoms with E-state index in [4.69, 9.17) is 0 Å². The summed E-state index contributed by atoms with van der Waals surface area (Å²) in [6.07, 6.45) is 0. The number of fused-ring (bicyclic) bond motifs is 2. The molecule has 3 aromatic rings. The number of halogens is 3. The molecule has 0 fully saturated rings. The summed E-state index contributed by atoms with van der Waals surface area (Å²) < 4.78 is 41.7. The first-order valence-electron chi connectivity index (χ1n) is 10.5. The number of alkyl halides is 2. The summed E-state index contributed by atoms with van der Waals surface area (Å²) in [5.41, 5.74) is 3.82. The highest BCUT2D eigenvalue weighted by molar-refractivity contribution is 5.98. The number of hydrogen-bond acceptors (Lipinski definition) is 4. The van der Waals surface area contributed by atoms with Crippen LogP contribution in [0.25, 0.3) is 10.8 Å². The van der Waals surface area contributed by atoms with Crippen LogP contribution in [0.5, 0.6) is 0 Å². The molecular formula is C25H27F3N4. The first kappa shape index (κ1) is 22.1. The molecule has 1 unspecified atom stereocenters. The Kier molecular flexibility index (Phi) is 4.99. The summed E-state index contributed by atoms with van der Waals surface area (Å²) >= 11 is 0. The van der Waals surface area contributed by atoms with E-state index in [0.717, 1.165) is 46.4 Å². The van der Waals surface area contributed by atoms with Gasteiger partial charge in [-0.15, -0.1) is 5.10 Å². The van der Waals surface area contributed by atoms with Crippen molar-refractivity contribution in [3.63, 3.8) is 0 Å². The predicted molar refractivity (Wildman–Crippen MR) is 123 cm³/mol. The van der Waals surface area contributed by atoms with Crippen molar-refractivity contribution in [2.45, 2.75) is 52.0 Å². The smallest absolute Gasteiger partial charge is 0.270 e. The number of nitrogens with one attached hydrogen (secondary N) is 1. The number of aromatic nitrogens is 2. The minimum Gasteiger partial charge on any atom is -0.362 e. The van der Waals surface area contributed by atoms with Crippen molar-refractivity contribution in [3.8, 4) is 0 Å². The molecule has 0 saturated heterocycles. The summed E-state index contributed by atoms with van der Waals surface area (Å²) in [6.45, 7) is 13.0. The third kappa shape index (κ3) is 3.49.